The van der Waals surface area contributed by atoms with Crippen molar-refractivity contribution in [1.82, 2.24) is 4.98 Å². The summed E-state index contributed by atoms with van der Waals surface area (Å²) >= 11 is 0. The molecule has 0 fully saturated rings. The third kappa shape index (κ3) is 5.51. The largest absolute Gasteiger partial charge is 0.256 e. The lowest BCUT2D eigenvalue weighted by atomic mass is 9.87. The number of nitrogens with zero attached hydrogens (tertiary/aromatic N) is 1. The molecule has 0 bridgehead atoms. The van der Waals surface area contributed by atoms with Crippen molar-refractivity contribution < 1.29 is 0 Å². The van der Waals surface area contributed by atoms with Crippen molar-refractivity contribution in [1.29, 1.82) is 0 Å². The highest BCUT2D eigenvalue weighted by molar-refractivity contribution is 5.82. The zero-order chi connectivity index (χ0) is 27.5. The third-order valence-corrected chi connectivity index (χ3v) is 7.48. The topological polar surface area (TPSA) is 12.9 Å². The summed E-state index contributed by atoms with van der Waals surface area (Å²) in [6.07, 6.45) is 1.92. The highest BCUT2D eigenvalue weighted by Crippen LogP contribution is 2.34. The van der Waals surface area contributed by atoms with Crippen LogP contribution in [0.5, 0.6) is 0 Å². The molecule has 5 aromatic carbocycles. The zero-order valence-corrected chi connectivity index (χ0v) is 23.3. The predicted molar refractivity (Wildman–Crippen MR) is 170 cm³/mol. The van der Waals surface area contributed by atoms with Gasteiger partial charge in [-0.1, -0.05) is 124 Å². The Morgan fingerprint density at radius 1 is 0.375 bits per heavy atom. The van der Waals surface area contributed by atoms with E-state index < -0.39 is 0 Å². The highest BCUT2D eigenvalue weighted by Gasteiger charge is 2.15. The van der Waals surface area contributed by atoms with Gasteiger partial charge in [0.2, 0.25) is 0 Å². The minimum atomic E-state index is 0.0866. The molecule has 0 aliphatic heterocycles. The molecule has 0 saturated heterocycles. The van der Waals surface area contributed by atoms with Crippen molar-refractivity contribution in [3.8, 4) is 55.8 Å². The van der Waals surface area contributed by atoms with E-state index in [1.165, 1.54) is 50.1 Å². The molecule has 0 spiro atoms. The van der Waals surface area contributed by atoms with E-state index in [4.69, 9.17) is 0 Å². The summed E-state index contributed by atoms with van der Waals surface area (Å²) in [5, 5.41) is 0. The van der Waals surface area contributed by atoms with Crippen LogP contribution in [0, 0.1) is 0 Å². The lowest BCUT2D eigenvalue weighted by Gasteiger charge is -2.19. The highest BCUT2D eigenvalue weighted by atomic mass is 14.7. The molecule has 0 saturated carbocycles. The molecular weight excluding hydrogens is 482 g/mol. The maximum Gasteiger partial charge on any atom is 0.0705 e. The van der Waals surface area contributed by atoms with Gasteiger partial charge < -0.3 is 0 Å². The van der Waals surface area contributed by atoms with Gasteiger partial charge in [0.25, 0.3) is 0 Å². The average molecular weight is 516 g/mol. The Morgan fingerprint density at radius 3 is 1.32 bits per heavy atom. The molecule has 1 heterocycles. The normalized spacial score (nSPS) is 11.4. The van der Waals surface area contributed by atoms with Crippen molar-refractivity contribution in [3.05, 3.63) is 151 Å². The van der Waals surface area contributed by atoms with Crippen LogP contribution in [0.1, 0.15) is 26.3 Å². The van der Waals surface area contributed by atoms with Gasteiger partial charge in [0.1, 0.15) is 0 Å². The molecular formula is C39H33N. The molecule has 0 atom stereocenters. The molecule has 40 heavy (non-hydrogen) atoms. The number of aromatic nitrogens is 1. The van der Waals surface area contributed by atoms with Gasteiger partial charge in [-0.25, -0.2) is 0 Å². The lowest BCUT2D eigenvalue weighted by molar-refractivity contribution is 0.589. The van der Waals surface area contributed by atoms with Crippen LogP contribution in [0.3, 0.4) is 0 Å². The Kier molecular flexibility index (Phi) is 6.88. The van der Waals surface area contributed by atoms with Crippen molar-refractivity contribution >= 4 is 0 Å². The molecule has 0 N–H and O–H groups in total. The van der Waals surface area contributed by atoms with E-state index >= 15 is 0 Å². The fraction of sp³-hybridized carbons (Fsp3) is 0.103. The minimum Gasteiger partial charge on any atom is -0.256 e. The minimum absolute atomic E-state index is 0.0866. The van der Waals surface area contributed by atoms with E-state index in [1.807, 2.05) is 6.20 Å². The first-order valence-electron chi connectivity index (χ1n) is 13.9. The Balaban J connectivity index is 1.35. The first kappa shape index (κ1) is 25.5. The van der Waals surface area contributed by atoms with Crippen molar-refractivity contribution in [2.75, 3.05) is 0 Å². The van der Waals surface area contributed by atoms with E-state index in [0.29, 0.717) is 0 Å². The summed E-state index contributed by atoms with van der Waals surface area (Å²) < 4.78 is 0. The summed E-state index contributed by atoms with van der Waals surface area (Å²) in [4.78, 5) is 4.68. The second-order valence-corrected chi connectivity index (χ2v) is 11.4. The van der Waals surface area contributed by atoms with Crippen molar-refractivity contribution in [3.63, 3.8) is 0 Å². The van der Waals surface area contributed by atoms with Crippen LogP contribution in [0.25, 0.3) is 55.8 Å². The molecule has 6 rings (SSSR count). The van der Waals surface area contributed by atoms with Gasteiger partial charge in [0, 0.05) is 11.8 Å². The van der Waals surface area contributed by atoms with Crippen LogP contribution in [-0.4, -0.2) is 4.98 Å². The fourth-order valence-electron chi connectivity index (χ4n) is 5.16. The van der Waals surface area contributed by atoms with E-state index in [1.54, 1.807) is 0 Å². The molecule has 0 unspecified atom stereocenters. The van der Waals surface area contributed by atoms with Gasteiger partial charge in [-0.3, -0.25) is 4.98 Å². The van der Waals surface area contributed by atoms with Crippen LogP contribution in [0.15, 0.2) is 146 Å². The Labute approximate surface area is 237 Å². The molecule has 0 radical (unpaired) electrons. The predicted octanol–water partition coefficient (Wildman–Crippen LogP) is 10.7. The van der Waals surface area contributed by atoms with Crippen LogP contribution < -0.4 is 0 Å². The van der Waals surface area contributed by atoms with Crippen molar-refractivity contribution in [2.45, 2.75) is 26.2 Å². The summed E-state index contributed by atoms with van der Waals surface area (Å²) in [6, 6.07) is 50.1. The first-order valence-corrected chi connectivity index (χ1v) is 13.9. The molecule has 1 heteroatoms. The van der Waals surface area contributed by atoms with E-state index in [9.17, 15) is 0 Å². The Morgan fingerprint density at radius 2 is 0.800 bits per heavy atom. The quantitative estimate of drug-likeness (QED) is 0.222. The van der Waals surface area contributed by atoms with E-state index in [2.05, 4.69) is 165 Å². The molecule has 1 nitrogen and oxygen atoms in total. The lowest BCUT2D eigenvalue weighted by Crippen LogP contribution is -2.11. The Bertz CT molecular complexity index is 1680. The SMILES string of the molecule is CC(C)(C)c1ccnc(-c2cccc(-c3ccc(-c4cc(-c5ccccc5)cc(-c5ccccc5)c4)cc3)c2)c1. The van der Waals surface area contributed by atoms with Gasteiger partial charge in [0.15, 0.2) is 0 Å². The summed E-state index contributed by atoms with van der Waals surface area (Å²) in [6.45, 7) is 6.72. The number of hydrogen-bond donors (Lipinski definition) is 0. The van der Waals surface area contributed by atoms with E-state index in [-0.39, 0.29) is 5.41 Å². The van der Waals surface area contributed by atoms with Crippen molar-refractivity contribution in [2.24, 2.45) is 0 Å². The standard InChI is InChI=1S/C39H33N/c1-39(2,3)37-21-22-40-38(27-37)33-16-10-15-32(23-33)30-17-19-31(20-18-30)36-25-34(28-11-6-4-7-12-28)24-35(26-36)29-13-8-5-9-14-29/h4-27H,1-3H3. The second-order valence-electron chi connectivity index (χ2n) is 11.4. The summed E-state index contributed by atoms with van der Waals surface area (Å²) in [7, 11) is 0. The number of benzene rings is 5. The molecule has 0 aliphatic carbocycles. The number of pyridine rings is 1. The fourth-order valence-corrected chi connectivity index (χ4v) is 5.16. The van der Waals surface area contributed by atoms with Crippen LogP contribution in [0.4, 0.5) is 0 Å². The maximum atomic E-state index is 4.68. The molecule has 0 aliphatic rings. The third-order valence-electron chi connectivity index (χ3n) is 7.48. The van der Waals surface area contributed by atoms with Crippen LogP contribution >= 0.6 is 0 Å². The number of rotatable bonds is 5. The zero-order valence-electron chi connectivity index (χ0n) is 23.3. The van der Waals surface area contributed by atoms with Gasteiger partial charge in [0.05, 0.1) is 5.69 Å². The van der Waals surface area contributed by atoms with Gasteiger partial charge >= 0.3 is 0 Å². The monoisotopic (exact) mass is 515 g/mol. The average Bonchev–Trinajstić information content (AvgIpc) is 3.01. The molecule has 6 aromatic rings. The van der Waals surface area contributed by atoms with Crippen LogP contribution in [-0.2, 0) is 5.41 Å². The smallest absolute Gasteiger partial charge is 0.0705 e. The first-order chi connectivity index (χ1) is 19.4. The van der Waals surface area contributed by atoms with Gasteiger partial charge in [-0.15, -0.1) is 0 Å². The maximum absolute atomic E-state index is 4.68. The number of hydrogen-bond acceptors (Lipinski definition) is 1. The summed E-state index contributed by atoms with van der Waals surface area (Å²) in [5.41, 5.74) is 13.2. The van der Waals surface area contributed by atoms with Gasteiger partial charge in [-0.05, 0) is 91.9 Å². The summed E-state index contributed by atoms with van der Waals surface area (Å²) in [5.74, 6) is 0. The molecule has 0 amide bonds. The second kappa shape index (κ2) is 10.8. The molecule has 194 valence electrons. The Hall–Kier alpha value is -4.75. The molecule has 1 aromatic heterocycles. The van der Waals surface area contributed by atoms with E-state index in [0.717, 1.165) is 11.3 Å². The van der Waals surface area contributed by atoms with Gasteiger partial charge in [-0.2, -0.15) is 0 Å². The van der Waals surface area contributed by atoms with Crippen LogP contribution in [0.2, 0.25) is 0 Å².